The number of nitrogens with one attached hydrogen (secondary N) is 2. The topological polar surface area (TPSA) is 122 Å². The molecule has 0 spiro atoms. The quantitative estimate of drug-likeness (QED) is 0.499. The summed E-state index contributed by atoms with van der Waals surface area (Å²) in [7, 11) is 1.44. The van der Waals surface area contributed by atoms with Crippen molar-refractivity contribution >= 4 is 23.6 Å². The molecule has 0 saturated heterocycles. The number of rotatable bonds is 8. The van der Waals surface area contributed by atoms with Gasteiger partial charge >= 0.3 is 5.97 Å². The molecule has 0 atom stereocenters. The third-order valence-corrected chi connectivity index (χ3v) is 5.21. The molecule has 34 heavy (non-hydrogen) atoms. The number of carbonyl (C=O) groups excluding carboxylic acids is 3. The molecule has 3 aromatic rings. The zero-order chi connectivity index (χ0) is 24.7. The van der Waals surface area contributed by atoms with Crippen LogP contribution in [0.5, 0.6) is 5.75 Å². The van der Waals surface area contributed by atoms with Gasteiger partial charge < -0.3 is 20.1 Å². The van der Waals surface area contributed by atoms with Gasteiger partial charge in [0, 0.05) is 11.4 Å². The van der Waals surface area contributed by atoms with Gasteiger partial charge in [-0.1, -0.05) is 30.3 Å². The highest BCUT2D eigenvalue weighted by Crippen LogP contribution is 2.29. The maximum atomic E-state index is 12.5. The fourth-order valence-corrected chi connectivity index (χ4v) is 3.41. The molecule has 1 heterocycles. The van der Waals surface area contributed by atoms with E-state index in [4.69, 9.17) is 9.47 Å². The summed E-state index contributed by atoms with van der Waals surface area (Å²) < 4.78 is 11.9. The van der Waals surface area contributed by atoms with E-state index in [0.717, 1.165) is 16.9 Å². The number of para-hydroxylation sites is 2. The first-order valence-corrected chi connectivity index (χ1v) is 10.4. The number of methoxy groups -OCH3 is 1. The third kappa shape index (κ3) is 5.24. The number of carbonyl (C=O) groups is 3. The van der Waals surface area contributed by atoms with Crippen molar-refractivity contribution in [1.29, 1.82) is 5.26 Å². The number of ether oxygens (including phenoxy) is 2. The number of hydrogen-bond donors (Lipinski definition) is 2. The van der Waals surface area contributed by atoms with Crippen molar-refractivity contribution in [1.82, 2.24) is 9.88 Å². The molecular weight excluding hydrogens is 436 g/mol. The van der Waals surface area contributed by atoms with Gasteiger partial charge in [0.2, 0.25) is 0 Å². The second-order valence-electron chi connectivity index (χ2n) is 7.31. The molecule has 0 radical (unpaired) electrons. The van der Waals surface area contributed by atoms with Crippen molar-refractivity contribution in [3.05, 3.63) is 77.0 Å². The van der Waals surface area contributed by atoms with Crippen LogP contribution in [0.1, 0.15) is 27.2 Å². The third-order valence-electron chi connectivity index (χ3n) is 5.21. The molecule has 0 saturated carbocycles. The second kappa shape index (κ2) is 10.8. The van der Waals surface area contributed by atoms with Crippen LogP contribution in [-0.2, 0) is 14.3 Å². The van der Waals surface area contributed by atoms with Crippen LogP contribution >= 0.6 is 0 Å². The predicted octanol–water partition coefficient (Wildman–Crippen LogP) is 2.89. The Balaban J connectivity index is 1.62. The summed E-state index contributed by atoms with van der Waals surface area (Å²) in [6, 6.07) is 18.0. The predicted molar refractivity (Wildman–Crippen MR) is 125 cm³/mol. The molecular formula is C25H24N4O5. The van der Waals surface area contributed by atoms with Crippen LogP contribution in [0, 0.1) is 25.2 Å². The Hall–Kier alpha value is -4.58. The number of anilines is 1. The molecule has 3 rings (SSSR count). The van der Waals surface area contributed by atoms with Gasteiger partial charge in [-0.25, -0.2) is 0 Å². The first-order valence-electron chi connectivity index (χ1n) is 10.4. The van der Waals surface area contributed by atoms with Crippen molar-refractivity contribution in [2.24, 2.45) is 0 Å². The van der Waals surface area contributed by atoms with Gasteiger partial charge in [-0.15, -0.1) is 0 Å². The van der Waals surface area contributed by atoms with Crippen LogP contribution in [-0.4, -0.2) is 42.6 Å². The number of nitriles is 1. The monoisotopic (exact) mass is 460 g/mol. The largest absolute Gasteiger partial charge is 0.496 e. The summed E-state index contributed by atoms with van der Waals surface area (Å²) in [5, 5.41) is 14.7. The number of aromatic nitrogens is 1. The summed E-state index contributed by atoms with van der Waals surface area (Å²) >= 11 is 0. The first-order chi connectivity index (χ1) is 16.4. The molecule has 0 unspecified atom stereocenters. The Morgan fingerprint density at radius 3 is 2.38 bits per heavy atom. The van der Waals surface area contributed by atoms with E-state index in [-0.39, 0.29) is 5.56 Å². The Morgan fingerprint density at radius 1 is 1.03 bits per heavy atom. The molecule has 174 valence electrons. The second-order valence-corrected chi connectivity index (χ2v) is 7.31. The minimum absolute atomic E-state index is 0.270. The van der Waals surface area contributed by atoms with Crippen molar-refractivity contribution in [2.45, 2.75) is 13.8 Å². The Labute approximate surface area is 196 Å². The van der Waals surface area contributed by atoms with Crippen molar-refractivity contribution in [2.75, 3.05) is 25.6 Å². The maximum Gasteiger partial charge on any atom is 0.325 e. The van der Waals surface area contributed by atoms with E-state index in [9.17, 15) is 19.6 Å². The highest BCUT2D eigenvalue weighted by molar-refractivity contribution is 5.98. The number of esters is 1. The van der Waals surface area contributed by atoms with E-state index < -0.39 is 30.9 Å². The average Bonchev–Trinajstić information content (AvgIpc) is 3.10. The molecule has 0 aliphatic rings. The van der Waals surface area contributed by atoms with Crippen molar-refractivity contribution in [3.63, 3.8) is 0 Å². The molecule has 9 nitrogen and oxygen atoms in total. The lowest BCUT2D eigenvalue weighted by Crippen LogP contribution is -2.32. The highest BCUT2D eigenvalue weighted by Gasteiger charge is 2.21. The Kier molecular flexibility index (Phi) is 7.67. The van der Waals surface area contributed by atoms with Crippen molar-refractivity contribution in [3.8, 4) is 17.5 Å². The van der Waals surface area contributed by atoms with E-state index in [1.165, 1.54) is 7.11 Å². The van der Waals surface area contributed by atoms with E-state index in [0.29, 0.717) is 17.1 Å². The summed E-state index contributed by atoms with van der Waals surface area (Å²) in [5.41, 5.74) is 2.90. The lowest BCUT2D eigenvalue weighted by molar-refractivity contribution is -0.146. The van der Waals surface area contributed by atoms with Gasteiger partial charge in [-0.3, -0.25) is 19.0 Å². The first kappa shape index (κ1) is 24.1. The molecule has 2 amide bonds. The van der Waals surface area contributed by atoms with Crippen molar-refractivity contribution < 1.29 is 23.9 Å². The maximum absolute atomic E-state index is 12.5. The fourth-order valence-electron chi connectivity index (χ4n) is 3.41. The summed E-state index contributed by atoms with van der Waals surface area (Å²) in [6.07, 6.45) is 0. The van der Waals surface area contributed by atoms with Gasteiger partial charge in [0.1, 0.15) is 24.2 Å². The lowest BCUT2D eigenvalue weighted by Gasteiger charge is -2.13. The molecule has 0 bridgehead atoms. The van der Waals surface area contributed by atoms with Gasteiger partial charge in [0.05, 0.1) is 18.2 Å². The molecule has 0 fully saturated rings. The van der Waals surface area contributed by atoms with Crippen LogP contribution in [0.3, 0.4) is 0 Å². The SMILES string of the molecule is COc1ccccc1C(=O)NCC(=O)OCC(=O)Nc1c(C#N)c(C)c(C)n1-c1ccccc1. The van der Waals surface area contributed by atoms with E-state index in [2.05, 4.69) is 16.7 Å². The minimum atomic E-state index is -0.787. The van der Waals surface area contributed by atoms with Gasteiger partial charge in [-0.2, -0.15) is 5.26 Å². The Morgan fingerprint density at radius 2 is 1.71 bits per heavy atom. The van der Waals surface area contributed by atoms with Crippen LogP contribution < -0.4 is 15.4 Å². The molecule has 2 aromatic carbocycles. The number of nitrogens with zero attached hydrogens (tertiary/aromatic N) is 2. The summed E-state index contributed by atoms with van der Waals surface area (Å²) in [5.74, 6) is -1.24. The lowest BCUT2D eigenvalue weighted by atomic mass is 10.2. The highest BCUT2D eigenvalue weighted by atomic mass is 16.5. The number of amides is 2. The van der Waals surface area contributed by atoms with Crippen LogP contribution in [0.4, 0.5) is 5.82 Å². The van der Waals surface area contributed by atoms with Crippen LogP contribution in [0.25, 0.3) is 5.69 Å². The fraction of sp³-hybridized carbons (Fsp3) is 0.200. The van der Waals surface area contributed by atoms with Gasteiger partial charge in [0.15, 0.2) is 6.61 Å². The van der Waals surface area contributed by atoms with E-state index >= 15 is 0 Å². The summed E-state index contributed by atoms with van der Waals surface area (Å²) in [6.45, 7) is 2.65. The van der Waals surface area contributed by atoms with Gasteiger partial charge in [0.25, 0.3) is 11.8 Å². The molecule has 9 heteroatoms. The molecule has 2 N–H and O–H groups in total. The van der Waals surface area contributed by atoms with Crippen LogP contribution in [0.15, 0.2) is 54.6 Å². The smallest absolute Gasteiger partial charge is 0.325 e. The standard InChI is InChI=1S/C25H24N4O5/c1-16-17(2)29(18-9-5-4-6-10-18)24(20(16)13-26)28-22(30)15-34-23(31)14-27-25(32)19-11-7-8-12-21(19)33-3/h4-12H,14-15H2,1-3H3,(H,27,32)(H,28,30). The molecule has 0 aliphatic carbocycles. The summed E-state index contributed by atoms with van der Waals surface area (Å²) in [4.78, 5) is 36.8. The van der Waals surface area contributed by atoms with E-state index in [1.54, 1.807) is 35.8 Å². The average molecular weight is 460 g/mol. The normalized spacial score (nSPS) is 10.2. The zero-order valence-electron chi connectivity index (χ0n) is 19.0. The molecule has 0 aliphatic heterocycles. The zero-order valence-corrected chi connectivity index (χ0v) is 19.0. The Bertz CT molecular complexity index is 1260. The van der Waals surface area contributed by atoms with E-state index in [1.807, 2.05) is 37.3 Å². The minimum Gasteiger partial charge on any atom is -0.496 e. The molecule has 1 aromatic heterocycles. The van der Waals surface area contributed by atoms with Gasteiger partial charge in [-0.05, 0) is 43.7 Å². The number of benzene rings is 2. The van der Waals surface area contributed by atoms with Crippen LogP contribution in [0.2, 0.25) is 0 Å². The number of hydrogen-bond acceptors (Lipinski definition) is 6.